The smallest absolute Gasteiger partial charge is 0.275 e. The lowest BCUT2D eigenvalue weighted by atomic mass is 9.86. The van der Waals surface area contributed by atoms with E-state index in [2.05, 4.69) is 20.3 Å². The van der Waals surface area contributed by atoms with Gasteiger partial charge in [-0.05, 0) is 24.6 Å². The molecule has 2 aromatic rings. The summed E-state index contributed by atoms with van der Waals surface area (Å²) in [7, 11) is 1.44. The van der Waals surface area contributed by atoms with Crippen molar-refractivity contribution in [2.45, 2.75) is 17.2 Å². The summed E-state index contributed by atoms with van der Waals surface area (Å²) in [4.78, 5) is 24.5. The molecule has 0 unspecified atom stereocenters. The van der Waals surface area contributed by atoms with Crippen LogP contribution in [0.1, 0.15) is 22.5 Å². The molecule has 2 heterocycles. The van der Waals surface area contributed by atoms with Gasteiger partial charge in [0, 0.05) is 22.4 Å². The van der Waals surface area contributed by atoms with Gasteiger partial charge in [-0.2, -0.15) is 0 Å². The average molecular weight is 405 g/mol. The first kappa shape index (κ1) is 18.6. The standard InChI is InChI=1S/C18H17F2N5O2S/c1-27-15-7-22-13(6-23-15)16(26)24-9-2-3-12(20)10(4-9)18(8-19)11-5-14(11)28-17(21)25-18/h2-4,6-7,11,14H,5,8H2,1H3,(H2,21,25)(H,24,26)/t11-,14+,18-/m1/s1. The van der Waals surface area contributed by atoms with Crippen LogP contribution in [0.4, 0.5) is 14.5 Å². The SMILES string of the molecule is COc1cnc(C(=O)Nc2ccc(F)c([C@@]3(CF)N=C(N)S[C@H]4C[C@H]43)c2)cn1. The Bertz CT molecular complexity index is 955. The number of hydrogen-bond acceptors (Lipinski definition) is 7. The van der Waals surface area contributed by atoms with E-state index in [0.717, 1.165) is 6.42 Å². The summed E-state index contributed by atoms with van der Waals surface area (Å²) in [5.41, 5.74) is 4.93. The van der Waals surface area contributed by atoms with Crippen molar-refractivity contribution in [1.82, 2.24) is 9.97 Å². The van der Waals surface area contributed by atoms with Crippen LogP contribution in [0.2, 0.25) is 0 Å². The number of aliphatic imine (C=N–C) groups is 1. The van der Waals surface area contributed by atoms with Gasteiger partial charge >= 0.3 is 0 Å². The highest BCUT2D eigenvalue weighted by Crippen LogP contribution is 2.58. The summed E-state index contributed by atoms with van der Waals surface area (Å²) in [6.07, 6.45) is 3.30. The van der Waals surface area contributed by atoms with Crippen molar-refractivity contribution < 1.29 is 18.3 Å². The molecule has 4 rings (SSSR count). The Hall–Kier alpha value is -2.75. The summed E-state index contributed by atoms with van der Waals surface area (Å²) in [5, 5.41) is 3.02. The number of amides is 1. The third kappa shape index (κ3) is 3.17. The molecule has 1 aromatic carbocycles. The minimum Gasteiger partial charge on any atom is -0.480 e. The van der Waals surface area contributed by atoms with E-state index in [9.17, 15) is 13.6 Å². The molecule has 0 radical (unpaired) electrons. The third-order valence-corrected chi connectivity index (χ3v) is 6.05. The molecule has 3 N–H and O–H groups in total. The second kappa shape index (κ2) is 7.01. The molecule has 1 aliphatic heterocycles. The molecule has 1 aromatic heterocycles. The van der Waals surface area contributed by atoms with E-state index in [4.69, 9.17) is 10.5 Å². The molecule has 28 heavy (non-hydrogen) atoms. The highest BCUT2D eigenvalue weighted by Gasteiger charge is 2.58. The van der Waals surface area contributed by atoms with Gasteiger partial charge in [-0.25, -0.2) is 23.7 Å². The van der Waals surface area contributed by atoms with Crippen molar-refractivity contribution in [2.75, 3.05) is 19.1 Å². The fraction of sp³-hybridized carbons (Fsp3) is 0.333. The van der Waals surface area contributed by atoms with Crippen molar-refractivity contribution in [3.63, 3.8) is 0 Å². The van der Waals surface area contributed by atoms with E-state index in [1.165, 1.54) is 49.5 Å². The molecular formula is C18H17F2N5O2S. The second-order valence-corrected chi connectivity index (χ2v) is 7.86. The quantitative estimate of drug-likeness (QED) is 0.792. The number of aromatic nitrogens is 2. The lowest BCUT2D eigenvalue weighted by Crippen LogP contribution is -2.36. The van der Waals surface area contributed by atoms with Crippen LogP contribution in [-0.4, -0.2) is 40.1 Å². The Morgan fingerprint density at radius 1 is 1.43 bits per heavy atom. The number of rotatable bonds is 5. The molecule has 1 amide bonds. The predicted octanol–water partition coefficient (Wildman–Crippen LogP) is 2.49. The van der Waals surface area contributed by atoms with E-state index in [1.807, 2.05) is 0 Å². The van der Waals surface area contributed by atoms with Crippen LogP contribution in [0, 0.1) is 11.7 Å². The number of carbonyl (C=O) groups is 1. The zero-order chi connectivity index (χ0) is 19.9. The molecule has 10 heteroatoms. The van der Waals surface area contributed by atoms with Gasteiger partial charge in [0.25, 0.3) is 5.91 Å². The number of benzene rings is 1. The summed E-state index contributed by atoms with van der Waals surface area (Å²) < 4.78 is 33.6. The Morgan fingerprint density at radius 2 is 2.25 bits per heavy atom. The van der Waals surface area contributed by atoms with Crippen molar-refractivity contribution >= 4 is 28.5 Å². The van der Waals surface area contributed by atoms with Crippen molar-refractivity contribution in [3.8, 4) is 5.88 Å². The van der Waals surface area contributed by atoms with Gasteiger partial charge in [0.15, 0.2) is 5.17 Å². The van der Waals surface area contributed by atoms with E-state index < -0.39 is 23.9 Å². The molecule has 1 saturated carbocycles. The van der Waals surface area contributed by atoms with Gasteiger partial charge in [-0.3, -0.25) is 4.79 Å². The first-order chi connectivity index (χ1) is 13.5. The number of nitrogens with one attached hydrogen (secondary N) is 1. The van der Waals surface area contributed by atoms with Crippen LogP contribution in [0.5, 0.6) is 5.88 Å². The fourth-order valence-corrected chi connectivity index (χ4v) is 4.61. The van der Waals surface area contributed by atoms with E-state index in [1.54, 1.807) is 0 Å². The number of hydrogen-bond donors (Lipinski definition) is 2. The van der Waals surface area contributed by atoms with Crippen LogP contribution in [-0.2, 0) is 5.54 Å². The Balaban J connectivity index is 1.64. The molecule has 2 aliphatic rings. The number of nitrogens with two attached hydrogens (primary N) is 1. The van der Waals surface area contributed by atoms with Gasteiger partial charge in [0.05, 0.1) is 19.5 Å². The summed E-state index contributed by atoms with van der Waals surface area (Å²) in [6.45, 7) is -0.867. The van der Waals surface area contributed by atoms with Crippen molar-refractivity contribution in [3.05, 3.63) is 47.7 Å². The van der Waals surface area contributed by atoms with Gasteiger partial charge in [-0.15, -0.1) is 0 Å². The molecular weight excluding hydrogens is 388 g/mol. The maximum absolute atomic E-state index is 14.6. The number of halogens is 2. The molecule has 1 aliphatic carbocycles. The first-order valence-electron chi connectivity index (χ1n) is 8.52. The van der Waals surface area contributed by atoms with Crippen LogP contribution in [0.25, 0.3) is 0 Å². The predicted molar refractivity (Wildman–Crippen MR) is 102 cm³/mol. The largest absolute Gasteiger partial charge is 0.480 e. The number of amidine groups is 1. The van der Waals surface area contributed by atoms with Crippen molar-refractivity contribution in [2.24, 2.45) is 16.6 Å². The minimum absolute atomic E-state index is 0.0606. The number of fused-ring (bicyclic) bond motifs is 1. The Kier molecular flexibility index (Phi) is 4.66. The molecule has 146 valence electrons. The molecule has 7 nitrogen and oxygen atoms in total. The van der Waals surface area contributed by atoms with E-state index >= 15 is 0 Å². The molecule has 0 spiro atoms. The maximum Gasteiger partial charge on any atom is 0.275 e. The number of methoxy groups -OCH3 is 1. The fourth-order valence-electron chi connectivity index (χ4n) is 3.40. The van der Waals surface area contributed by atoms with Gasteiger partial charge in [0.2, 0.25) is 5.88 Å². The Labute approximate surface area is 163 Å². The first-order valence-corrected chi connectivity index (χ1v) is 9.40. The number of anilines is 1. The van der Waals surface area contributed by atoms with Crippen molar-refractivity contribution in [1.29, 1.82) is 0 Å². The van der Waals surface area contributed by atoms with Crippen LogP contribution >= 0.6 is 11.8 Å². The normalized spacial score (nSPS) is 25.5. The average Bonchev–Trinajstić information content (AvgIpc) is 3.48. The lowest BCUT2D eigenvalue weighted by Gasteiger charge is -2.31. The summed E-state index contributed by atoms with van der Waals surface area (Å²) in [6, 6.07) is 3.99. The summed E-state index contributed by atoms with van der Waals surface area (Å²) >= 11 is 1.39. The zero-order valence-electron chi connectivity index (χ0n) is 14.9. The summed E-state index contributed by atoms with van der Waals surface area (Å²) in [5.74, 6) is -0.972. The lowest BCUT2D eigenvalue weighted by molar-refractivity contribution is 0.102. The monoisotopic (exact) mass is 405 g/mol. The molecule has 1 fully saturated rings. The Morgan fingerprint density at radius 3 is 2.93 bits per heavy atom. The number of nitrogens with zero attached hydrogens (tertiary/aromatic N) is 3. The van der Waals surface area contributed by atoms with Gasteiger partial charge in [0.1, 0.15) is 23.7 Å². The number of alkyl halides is 1. The van der Waals surface area contributed by atoms with Gasteiger partial charge in [-0.1, -0.05) is 11.8 Å². The molecule has 3 atom stereocenters. The maximum atomic E-state index is 14.6. The van der Waals surface area contributed by atoms with Crippen LogP contribution in [0.15, 0.2) is 35.6 Å². The topological polar surface area (TPSA) is 102 Å². The van der Waals surface area contributed by atoms with Crippen LogP contribution in [0.3, 0.4) is 0 Å². The zero-order valence-corrected chi connectivity index (χ0v) is 15.7. The number of thioether (sulfide) groups is 1. The highest BCUT2D eigenvalue weighted by molar-refractivity contribution is 8.14. The van der Waals surface area contributed by atoms with Gasteiger partial charge < -0.3 is 15.8 Å². The number of ether oxygens (including phenoxy) is 1. The van der Waals surface area contributed by atoms with Crippen LogP contribution < -0.4 is 15.8 Å². The minimum atomic E-state index is -1.36. The second-order valence-electron chi connectivity index (χ2n) is 6.60. The van der Waals surface area contributed by atoms with E-state index in [-0.39, 0.29) is 33.5 Å². The molecule has 0 saturated heterocycles. The third-order valence-electron chi connectivity index (χ3n) is 4.89. The number of carbonyl (C=O) groups excluding carboxylic acids is 1. The molecule has 0 bridgehead atoms. The van der Waals surface area contributed by atoms with E-state index in [0.29, 0.717) is 5.69 Å². The highest BCUT2D eigenvalue weighted by atomic mass is 32.2.